The minimum atomic E-state index is -0.364. The number of fused-ring (bicyclic) bond motifs is 1. The fourth-order valence-electron chi connectivity index (χ4n) is 2.83. The first-order valence-corrected chi connectivity index (χ1v) is 9.38. The molecule has 128 valence electrons. The fraction of sp³-hybridized carbons (Fsp3) is 0.0476. The van der Waals surface area contributed by atoms with Crippen LogP contribution < -0.4 is 5.32 Å². The molecule has 26 heavy (non-hydrogen) atoms. The molecule has 0 unspecified atom stereocenters. The SMILES string of the molecule is CSc1ccc(-c2nc3ccccc3c(Nc3ccncc3)c2F)cc1. The largest absolute Gasteiger partial charge is 0.352 e. The number of pyridine rings is 2. The van der Waals surface area contributed by atoms with Crippen molar-refractivity contribution in [3.63, 3.8) is 0 Å². The molecule has 0 aliphatic heterocycles. The summed E-state index contributed by atoms with van der Waals surface area (Å²) in [5.41, 5.74) is 3.04. The Morgan fingerprint density at radius 1 is 0.923 bits per heavy atom. The smallest absolute Gasteiger partial charge is 0.173 e. The van der Waals surface area contributed by atoms with Gasteiger partial charge in [-0.1, -0.05) is 30.3 Å². The Kier molecular flexibility index (Phi) is 4.54. The van der Waals surface area contributed by atoms with Crippen LogP contribution in [-0.4, -0.2) is 16.2 Å². The fourth-order valence-corrected chi connectivity index (χ4v) is 3.24. The topological polar surface area (TPSA) is 37.8 Å². The van der Waals surface area contributed by atoms with E-state index in [4.69, 9.17) is 0 Å². The summed E-state index contributed by atoms with van der Waals surface area (Å²) < 4.78 is 15.4. The number of anilines is 2. The number of para-hydroxylation sites is 1. The van der Waals surface area contributed by atoms with Crippen molar-refractivity contribution in [1.82, 2.24) is 9.97 Å². The van der Waals surface area contributed by atoms with Crippen molar-refractivity contribution in [3.8, 4) is 11.3 Å². The lowest BCUT2D eigenvalue weighted by molar-refractivity contribution is 0.632. The van der Waals surface area contributed by atoms with Crippen LogP contribution in [0.1, 0.15) is 0 Å². The molecule has 0 amide bonds. The highest BCUT2D eigenvalue weighted by Crippen LogP contribution is 2.34. The summed E-state index contributed by atoms with van der Waals surface area (Å²) in [6.45, 7) is 0. The number of nitrogens with one attached hydrogen (secondary N) is 1. The zero-order valence-electron chi connectivity index (χ0n) is 14.1. The van der Waals surface area contributed by atoms with Crippen LogP contribution in [0.15, 0.2) is 78.0 Å². The molecule has 0 atom stereocenters. The number of aromatic nitrogens is 2. The molecule has 0 saturated carbocycles. The standard InChI is InChI=1S/C21H16FN3S/c1-26-16-8-6-14(7-9-16)20-19(22)21(24-15-10-12-23-13-11-15)17-4-2-3-5-18(17)25-20/h2-13H,1H3,(H,23,24,25). The molecule has 0 aliphatic rings. The minimum Gasteiger partial charge on any atom is -0.352 e. The van der Waals surface area contributed by atoms with Crippen molar-refractivity contribution in [1.29, 1.82) is 0 Å². The Bertz CT molecular complexity index is 1050. The van der Waals surface area contributed by atoms with E-state index in [1.165, 1.54) is 0 Å². The second-order valence-electron chi connectivity index (χ2n) is 5.76. The second kappa shape index (κ2) is 7.14. The van der Waals surface area contributed by atoms with Crippen LogP contribution in [-0.2, 0) is 0 Å². The molecule has 2 aromatic carbocycles. The van der Waals surface area contributed by atoms with Gasteiger partial charge in [-0.2, -0.15) is 0 Å². The first kappa shape index (κ1) is 16.5. The van der Waals surface area contributed by atoms with E-state index in [9.17, 15) is 0 Å². The zero-order chi connectivity index (χ0) is 17.9. The van der Waals surface area contributed by atoms with E-state index in [1.807, 2.05) is 66.9 Å². The summed E-state index contributed by atoms with van der Waals surface area (Å²) in [4.78, 5) is 9.70. The van der Waals surface area contributed by atoms with Gasteiger partial charge in [-0.15, -0.1) is 11.8 Å². The second-order valence-corrected chi connectivity index (χ2v) is 6.64. The highest BCUT2D eigenvalue weighted by atomic mass is 32.2. The van der Waals surface area contributed by atoms with Crippen molar-refractivity contribution in [2.75, 3.05) is 11.6 Å². The summed E-state index contributed by atoms with van der Waals surface area (Å²) in [5.74, 6) is -0.364. The highest BCUT2D eigenvalue weighted by molar-refractivity contribution is 7.98. The van der Waals surface area contributed by atoms with E-state index in [0.717, 1.165) is 27.0 Å². The Balaban J connectivity index is 1.90. The number of hydrogen-bond acceptors (Lipinski definition) is 4. The zero-order valence-corrected chi connectivity index (χ0v) is 14.9. The predicted octanol–water partition coefficient (Wildman–Crippen LogP) is 5.90. The summed E-state index contributed by atoms with van der Waals surface area (Å²) in [5, 5.41) is 3.93. The third kappa shape index (κ3) is 3.13. The van der Waals surface area contributed by atoms with Gasteiger partial charge in [-0.3, -0.25) is 4.98 Å². The number of rotatable bonds is 4. The maximum absolute atomic E-state index is 15.4. The Morgan fingerprint density at radius 2 is 1.65 bits per heavy atom. The molecule has 4 rings (SSSR count). The first-order valence-electron chi connectivity index (χ1n) is 8.16. The molecule has 5 heteroatoms. The molecular weight excluding hydrogens is 345 g/mol. The van der Waals surface area contributed by atoms with E-state index in [1.54, 1.807) is 24.2 Å². The van der Waals surface area contributed by atoms with Gasteiger partial charge in [0.25, 0.3) is 0 Å². The minimum absolute atomic E-state index is 0.341. The van der Waals surface area contributed by atoms with E-state index >= 15 is 4.39 Å². The van der Waals surface area contributed by atoms with Gasteiger partial charge < -0.3 is 5.32 Å². The summed E-state index contributed by atoms with van der Waals surface area (Å²) >= 11 is 1.65. The van der Waals surface area contributed by atoms with Gasteiger partial charge in [-0.05, 0) is 36.6 Å². The number of thioether (sulfide) groups is 1. The van der Waals surface area contributed by atoms with Gasteiger partial charge in [0, 0.05) is 33.9 Å². The maximum Gasteiger partial charge on any atom is 0.173 e. The van der Waals surface area contributed by atoms with E-state index in [-0.39, 0.29) is 5.82 Å². The molecule has 3 nitrogen and oxygen atoms in total. The van der Waals surface area contributed by atoms with Crippen LogP contribution in [0.25, 0.3) is 22.2 Å². The van der Waals surface area contributed by atoms with Crippen molar-refractivity contribution in [3.05, 3.63) is 78.9 Å². The van der Waals surface area contributed by atoms with Gasteiger partial charge in [0.15, 0.2) is 5.82 Å². The maximum atomic E-state index is 15.4. The van der Waals surface area contributed by atoms with Gasteiger partial charge in [0.05, 0.1) is 11.2 Å². The average Bonchev–Trinajstić information content (AvgIpc) is 2.71. The molecule has 2 heterocycles. The van der Waals surface area contributed by atoms with Gasteiger partial charge in [-0.25, -0.2) is 9.37 Å². The Morgan fingerprint density at radius 3 is 2.38 bits per heavy atom. The van der Waals surface area contributed by atoms with Crippen molar-refractivity contribution < 1.29 is 4.39 Å². The summed E-state index contributed by atoms with van der Waals surface area (Å²) in [6.07, 6.45) is 5.36. The van der Waals surface area contributed by atoms with E-state index in [2.05, 4.69) is 15.3 Å². The van der Waals surface area contributed by atoms with Gasteiger partial charge >= 0.3 is 0 Å². The monoisotopic (exact) mass is 361 g/mol. The molecule has 1 N–H and O–H groups in total. The van der Waals surface area contributed by atoms with Crippen LogP contribution in [0.5, 0.6) is 0 Å². The third-order valence-electron chi connectivity index (χ3n) is 4.15. The third-order valence-corrected chi connectivity index (χ3v) is 4.89. The summed E-state index contributed by atoms with van der Waals surface area (Å²) in [6, 6.07) is 18.9. The molecule has 0 saturated heterocycles. The lowest BCUT2D eigenvalue weighted by atomic mass is 10.1. The van der Waals surface area contributed by atoms with Crippen molar-refractivity contribution >= 4 is 34.0 Å². The van der Waals surface area contributed by atoms with Gasteiger partial charge in [0.2, 0.25) is 0 Å². The molecule has 0 bridgehead atoms. The number of benzene rings is 2. The molecular formula is C21H16FN3S. The quantitative estimate of drug-likeness (QED) is 0.459. The lowest BCUT2D eigenvalue weighted by Gasteiger charge is -2.14. The van der Waals surface area contributed by atoms with Crippen LogP contribution in [0.4, 0.5) is 15.8 Å². The predicted molar refractivity (Wildman–Crippen MR) is 106 cm³/mol. The van der Waals surface area contributed by atoms with Gasteiger partial charge in [0.1, 0.15) is 5.69 Å². The molecule has 2 aromatic heterocycles. The normalized spacial score (nSPS) is 10.8. The van der Waals surface area contributed by atoms with Crippen LogP contribution in [0, 0.1) is 5.82 Å². The summed E-state index contributed by atoms with van der Waals surface area (Å²) in [7, 11) is 0. The van der Waals surface area contributed by atoms with E-state index in [0.29, 0.717) is 11.4 Å². The molecule has 0 spiro atoms. The Labute approximate surface area is 155 Å². The molecule has 0 aliphatic carbocycles. The van der Waals surface area contributed by atoms with E-state index < -0.39 is 0 Å². The lowest BCUT2D eigenvalue weighted by Crippen LogP contribution is -2.00. The average molecular weight is 361 g/mol. The first-order chi connectivity index (χ1) is 12.8. The number of hydrogen-bond donors (Lipinski definition) is 1. The highest BCUT2D eigenvalue weighted by Gasteiger charge is 2.16. The van der Waals surface area contributed by atoms with Crippen molar-refractivity contribution in [2.45, 2.75) is 4.90 Å². The number of nitrogens with zero attached hydrogens (tertiary/aromatic N) is 2. The number of halogens is 1. The van der Waals surface area contributed by atoms with Crippen LogP contribution in [0.2, 0.25) is 0 Å². The Hall–Kier alpha value is -2.92. The molecule has 0 radical (unpaired) electrons. The van der Waals surface area contributed by atoms with Crippen molar-refractivity contribution in [2.24, 2.45) is 0 Å². The molecule has 0 fully saturated rings. The van der Waals surface area contributed by atoms with Crippen LogP contribution >= 0.6 is 11.8 Å². The molecule has 4 aromatic rings. The van der Waals surface area contributed by atoms with Crippen LogP contribution in [0.3, 0.4) is 0 Å².